The summed E-state index contributed by atoms with van der Waals surface area (Å²) in [5.41, 5.74) is 8.03. The average molecular weight is 651 g/mol. The molecule has 252 valence electrons. The van der Waals surface area contributed by atoms with Crippen molar-refractivity contribution in [2.75, 3.05) is 39.6 Å². The molecule has 0 fully saturated rings. The zero-order valence-electron chi connectivity index (χ0n) is 27.8. The summed E-state index contributed by atoms with van der Waals surface area (Å²) in [6, 6.07) is 5.26. The Bertz CT molecular complexity index is 1220. The van der Waals surface area contributed by atoms with E-state index in [-0.39, 0.29) is 23.7 Å². The van der Waals surface area contributed by atoms with Crippen LogP contribution in [0.1, 0.15) is 59.4 Å². The lowest BCUT2D eigenvalue weighted by molar-refractivity contribution is -0.112. The molecular formula is C33H51ClN4O7. The third kappa shape index (κ3) is 12.7. The zero-order chi connectivity index (χ0) is 33.8. The second kappa shape index (κ2) is 18.1. The van der Waals surface area contributed by atoms with E-state index in [1.165, 1.54) is 9.32 Å². The van der Waals surface area contributed by atoms with Crippen molar-refractivity contribution in [3.8, 4) is 5.75 Å². The molecule has 1 aromatic rings. The summed E-state index contributed by atoms with van der Waals surface area (Å²) in [6.07, 6.45) is 2.71. The summed E-state index contributed by atoms with van der Waals surface area (Å²) >= 11 is 5.88. The third-order valence-electron chi connectivity index (χ3n) is 8.09. The van der Waals surface area contributed by atoms with E-state index in [0.29, 0.717) is 55.8 Å². The molecule has 1 heterocycles. The number of aliphatic hydroxyl groups is 1. The summed E-state index contributed by atoms with van der Waals surface area (Å²) in [5, 5.41) is 14.2. The highest BCUT2D eigenvalue weighted by molar-refractivity contribution is 6.13. The number of hydrogen-bond donors (Lipinski definition) is 3. The van der Waals surface area contributed by atoms with Gasteiger partial charge in [-0.1, -0.05) is 32.9 Å². The molecule has 1 aliphatic rings. The number of nitrogens with two attached hydrogens (primary N) is 1. The molecule has 0 radical (unpaired) electrons. The molecule has 4 N–H and O–H groups in total. The van der Waals surface area contributed by atoms with Gasteiger partial charge in [-0.25, -0.2) is 14.0 Å². The largest absolute Gasteiger partial charge is 0.442 e. The molecule has 12 heteroatoms. The predicted molar refractivity (Wildman–Crippen MR) is 176 cm³/mol. The molecule has 6 atom stereocenters. The minimum Gasteiger partial charge on any atom is -0.442 e. The Labute approximate surface area is 272 Å². The van der Waals surface area contributed by atoms with Crippen LogP contribution >= 0.6 is 11.8 Å². The molecule has 1 aromatic carbocycles. The topological polar surface area (TPSA) is 144 Å². The van der Waals surface area contributed by atoms with Crippen molar-refractivity contribution < 1.29 is 33.7 Å². The van der Waals surface area contributed by atoms with E-state index in [4.69, 9.17) is 31.7 Å². The van der Waals surface area contributed by atoms with Gasteiger partial charge in [-0.3, -0.25) is 4.79 Å². The van der Waals surface area contributed by atoms with Crippen molar-refractivity contribution >= 4 is 35.6 Å². The zero-order valence-corrected chi connectivity index (χ0v) is 28.6. The summed E-state index contributed by atoms with van der Waals surface area (Å²) in [4.78, 5) is 39.1. The van der Waals surface area contributed by atoms with Gasteiger partial charge < -0.3 is 35.3 Å². The van der Waals surface area contributed by atoms with E-state index in [1.807, 2.05) is 45.9 Å². The third-order valence-corrected chi connectivity index (χ3v) is 8.26. The van der Waals surface area contributed by atoms with Crippen LogP contribution in [0.15, 0.2) is 41.5 Å². The van der Waals surface area contributed by atoms with Gasteiger partial charge in [0.25, 0.3) is 5.91 Å². The number of nitrogens with one attached hydrogen (secondary N) is 1. The number of methoxy groups -OCH3 is 1. The SMILES string of the molecule is CO[C@H]1C[C@H](C)Cc2cc(cc(OC(=O)N(C)CCN(C)Cl)c2)NC(=O)/C(C)=C/CC[C@H](C)[C@@H](OC(N)=O)/C(C)=C/[C@H](C)[C@H]1O. The number of rotatable bonds is 6. The lowest BCUT2D eigenvalue weighted by atomic mass is 9.87. The van der Waals surface area contributed by atoms with Gasteiger partial charge in [-0.05, 0) is 86.4 Å². The number of amides is 3. The molecule has 3 amide bonds. The fraction of sp³-hybridized carbons (Fsp3) is 0.606. The van der Waals surface area contributed by atoms with Crippen LogP contribution in [0.4, 0.5) is 15.3 Å². The smallest absolute Gasteiger partial charge is 0.415 e. The van der Waals surface area contributed by atoms with Gasteiger partial charge in [0.15, 0.2) is 0 Å². The Morgan fingerprint density at radius 2 is 1.82 bits per heavy atom. The second-order valence-electron chi connectivity index (χ2n) is 12.3. The van der Waals surface area contributed by atoms with Gasteiger partial charge >= 0.3 is 12.2 Å². The van der Waals surface area contributed by atoms with Gasteiger partial charge in [0, 0.05) is 57.5 Å². The van der Waals surface area contributed by atoms with Gasteiger partial charge in [0.2, 0.25) is 0 Å². The molecular weight excluding hydrogens is 600 g/mol. The lowest BCUT2D eigenvalue weighted by Gasteiger charge is -2.29. The van der Waals surface area contributed by atoms with Crippen molar-refractivity contribution in [1.82, 2.24) is 9.32 Å². The maximum atomic E-state index is 13.2. The highest BCUT2D eigenvalue weighted by Crippen LogP contribution is 2.29. The van der Waals surface area contributed by atoms with Gasteiger partial charge in [0.1, 0.15) is 11.9 Å². The van der Waals surface area contributed by atoms with Crippen LogP contribution in [0.5, 0.6) is 5.75 Å². The van der Waals surface area contributed by atoms with Crippen LogP contribution < -0.4 is 15.8 Å². The van der Waals surface area contributed by atoms with Crippen LogP contribution in [0, 0.1) is 17.8 Å². The van der Waals surface area contributed by atoms with Crippen molar-refractivity contribution in [3.63, 3.8) is 0 Å². The minimum atomic E-state index is -0.873. The number of aliphatic hydroxyl groups excluding tert-OH is 1. The van der Waals surface area contributed by atoms with E-state index in [1.54, 1.807) is 40.3 Å². The Hall–Kier alpha value is -3.12. The summed E-state index contributed by atoms with van der Waals surface area (Å²) in [5.74, 6) is -0.354. The standard InChI is InChI=1S/C33H51ClN4O7/c1-20-14-25-17-26(19-27(18-25)44-33(42)37(6)12-13-38(7)34)36-31(40)22(3)11-9-10-21(2)30(45-32(35)41)24(5)16-23(4)29(39)28(15-20)43-8/h11,16-21,23,28-30,39H,9-10,12-15H2,1-8H3,(H2,35,41)(H,36,40)/b22-11+,24-16+/t20-,21+,23+,28+,29-,30-/m1/s1. The predicted octanol–water partition coefficient (Wildman–Crippen LogP) is 5.51. The number of carbonyl (C=O) groups excluding carboxylic acids is 3. The monoisotopic (exact) mass is 650 g/mol. The van der Waals surface area contributed by atoms with Gasteiger partial charge in [0.05, 0.1) is 12.2 Å². The number of hydrogen-bond acceptors (Lipinski definition) is 8. The molecule has 11 nitrogen and oxygen atoms in total. The molecule has 45 heavy (non-hydrogen) atoms. The van der Waals surface area contributed by atoms with Crippen LogP contribution in [0.2, 0.25) is 0 Å². The van der Waals surface area contributed by atoms with E-state index in [2.05, 4.69) is 5.32 Å². The van der Waals surface area contributed by atoms with E-state index < -0.39 is 30.5 Å². The van der Waals surface area contributed by atoms with Gasteiger partial charge in [-0.15, -0.1) is 0 Å². The quantitative estimate of drug-likeness (QED) is 0.270. The van der Waals surface area contributed by atoms with E-state index >= 15 is 0 Å². The van der Waals surface area contributed by atoms with Crippen LogP contribution in [-0.2, 0) is 20.7 Å². The van der Waals surface area contributed by atoms with Crippen molar-refractivity contribution in [3.05, 3.63) is 47.1 Å². The number of carbonyl (C=O) groups is 3. The minimum absolute atomic E-state index is 0.0491. The number of anilines is 1. The van der Waals surface area contributed by atoms with E-state index in [9.17, 15) is 19.5 Å². The maximum absolute atomic E-state index is 13.2. The number of allylic oxidation sites excluding steroid dienone is 1. The van der Waals surface area contributed by atoms with Crippen LogP contribution in [0.3, 0.4) is 0 Å². The molecule has 0 saturated carbocycles. The summed E-state index contributed by atoms with van der Waals surface area (Å²) in [6.45, 7) is 10.3. The Balaban J connectivity index is 2.46. The molecule has 0 spiro atoms. The highest BCUT2D eigenvalue weighted by atomic mass is 35.5. The Kier molecular flexibility index (Phi) is 15.3. The first-order chi connectivity index (χ1) is 21.1. The number of nitrogens with zero attached hydrogens (tertiary/aromatic N) is 2. The first-order valence-electron chi connectivity index (χ1n) is 15.4. The normalized spacial score (nSPS) is 27.8. The molecule has 0 unspecified atom stereocenters. The maximum Gasteiger partial charge on any atom is 0.415 e. The molecule has 1 aliphatic heterocycles. The van der Waals surface area contributed by atoms with Gasteiger partial charge in [-0.2, -0.15) is 0 Å². The molecule has 2 rings (SSSR count). The average Bonchev–Trinajstić information content (AvgIpc) is 2.95. The van der Waals surface area contributed by atoms with Crippen LogP contribution in [0.25, 0.3) is 0 Å². The highest BCUT2D eigenvalue weighted by Gasteiger charge is 2.28. The number of ether oxygens (including phenoxy) is 3. The number of likely N-dealkylation sites (N-methyl/N-ethyl adjacent to an activating group) is 2. The molecule has 0 aliphatic carbocycles. The lowest BCUT2D eigenvalue weighted by Crippen LogP contribution is -2.35. The molecule has 0 saturated heterocycles. The first-order valence-corrected chi connectivity index (χ1v) is 15.7. The summed E-state index contributed by atoms with van der Waals surface area (Å²) < 4.78 is 18.4. The Morgan fingerprint density at radius 3 is 2.44 bits per heavy atom. The second-order valence-corrected chi connectivity index (χ2v) is 12.9. The fourth-order valence-corrected chi connectivity index (χ4v) is 5.57. The number of primary amides is 1. The van der Waals surface area contributed by atoms with Crippen molar-refractivity contribution in [2.24, 2.45) is 23.5 Å². The first kappa shape index (κ1) is 38.1. The van der Waals surface area contributed by atoms with Crippen molar-refractivity contribution in [1.29, 1.82) is 0 Å². The van der Waals surface area contributed by atoms with Crippen LogP contribution in [-0.4, -0.2) is 85.1 Å². The number of fused-ring (bicyclic) bond motifs is 2. The van der Waals surface area contributed by atoms with E-state index in [0.717, 1.165) is 11.1 Å². The molecule has 2 bridgehead atoms. The summed E-state index contributed by atoms with van der Waals surface area (Å²) in [7, 11) is 4.90. The van der Waals surface area contributed by atoms with Crippen molar-refractivity contribution in [2.45, 2.75) is 78.6 Å². The number of benzene rings is 1. The number of halogens is 1. The fourth-order valence-electron chi connectivity index (χ4n) is 5.49. The Morgan fingerprint density at radius 1 is 1.13 bits per heavy atom. The molecule has 0 aromatic heterocycles.